The minimum atomic E-state index is -3.61. The highest BCUT2D eigenvalue weighted by Crippen LogP contribution is 2.26. The highest BCUT2D eigenvalue weighted by molar-refractivity contribution is 9.10. The molecule has 21 heavy (non-hydrogen) atoms. The molecule has 5 nitrogen and oxygen atoms in total. The first kappa shape index (κ1) is 16.4. The van der Waals surface area contributed by atoms with Crippen LogP contribution in [0, 0.1) is 6.92 Å². The van der Waals surface area contributed by atoms with Gasteiger partial charge in [0.2, 0.25) is 10.0 Å². The van der Waals surface area contributed by atoms with Gasteiger partial charge in [-0.25, -0.2) is 18.1 Å². The van der Waals surface area contributed by atoms with Crippen LogP contribution in [0.4, 0.5) is 5.69 Å². The third kappa shape index (κ3) is 3.82. The second-order valence-corrected chi connectivity index (χ2v) is 8.33. The first-order valence-corrected chi connectivity index (χ1v) is 9.41. The third-order valence-electron chi connectivity index (χ3n) is 2.95. The SMILES string of the molecule is CCc1cnc(CNS(=O)(=O)c2cc(N)c(Br)cc2C)s1. The van der Waals surface area contributed by atoms with E-state index in [9.17, 15) is 8.42 Å². The second-order valence-electron chi connectivity index (χ2n) is 4.54. The van der Waals surface area contributed by atoms with Gasteiger partial charge in [0.05, 0.1) is 11.4 Å². The highest BCUT2D eigenvalue weighted by Gasteiger charge is 2.18. The summed E-state index contributed by atoms with van der Waals surface area (Å²) in [5.74, 6) is 0. The van der Waals surface area contributed by atoms with Gasteiger partial charge in [0.25, 0.3) is 0 Å². The van der Waals surface area contributed by atoms with Gasteiger partial charge in [-0.3, -0.25) is 0 Å². The maximum atomic E-state index is 12.4. The van der Waals surface area contributed by atoms with Crippen molar-refractivity contribution in [2.45, 2.75) is 31.7 Å². The highest BCUT2D eigenvalue weighted by atomic mass is 79.9. The molecule has 1 aromatic carbocycles. The second kappa shape index (κ2) is 6.43. The molecule has 0 fully saturated rings. The number of aryl methyl sites for hydroxylation is 2. The molecule has 1 heterocycles. The molecule has 0 aliphatic rings. The van der Waals surface area contributed by atoms with E-state index >= 15 is 0 Å². The van der Waals surface area contributed by atoms with Gasteiger partial charge in [-0.05, 0) is 47.0 Å². The van der Waals surface area contributed by atoms with Crippen molar-refractivity contribution in [1.82, 2.24) is 9.71 Å². The van der Waals surface area contributed by atoms with Gasteiger partial charge in [-0.15, -0.1) is 11.3 Å². The molecule has 3 N–H and O–H groups in total. The van der Waals surface area contributed by atoms with Gasteiger partial charge in [0.1, 0.15) is 5.01 Å². The fraction of sp³-hybridized carbons (Fsp3) is 0.308. The molecule has 0 aliphatic carbocycles. The van der Waals surface area contributed by atoms with Crippen molar-refractivity contribution in [3.8, 4) is 0 Å². The summed E-state index contributed by atoms with van der Waals surface area (Å²) in [7, 11) is -3.61. The molecule has 0 spiro atoms. The molecule has 0 saturated carbocycles. The number of nitrogens with one attached hydrogen (secondary N) is 1. The quantitative estimate of drug-likeness (QED) is 0.769. The molecule has 0 bridgehead atoms. The van der Waals surface area contributed by atoms with Gasteiger partial charge >= 0.3 is 0 Å². The monoisotopic (exact) mass is 389 g/mol. The Balaban J connectivity index is 2.20. The zero-order valence-electron chi connectivity index (χ0n) is 11.7. The summed E-state index contributed by atoms with van der Waals surface area (Å²) in [6.45, 7) is 3.95. The van der Waals surface area contributed by atoms with Crippen molar-refractivity contribution in [3.63, 3.8) is 0 Å². The van der Waals surface area contributed by atoms with Crippen LogP contribution in [0.15, 0.2) is 27.7 Å². The average molecular weight is 390 g/mol. The Morgan fingerprint density at radius 1 is 1.43 bits per heavy atom. The van der Waals surface area contributed by atoms with Crippen molar-refractivity contribution in [3.05, 3.63) is 38.3 Å². The molecule has 2 aromatic rings. The number of thiazole rings is 1. The predicted octanol–water partition coefficient (Wildman–Crippen LogP) is 2.84. The van der Waals surface area contributed by atoms with Crippen LogP contribution in [0.2, 0.25) is 0 Å². The van der Waals surface area contributed by atoms with Crippen LogP contribution in [0.5, 0.6) is 0 Å². The Kier molecular flexibility index (Phi) is 5.03. The topological polar surface area (TPSA) is 85.1 Å². The fourth-order valence-corrected chi connectivity index (χ4v) is 4.38. The lowest BCUT2D eigenvalue weighted by molar-refractivity contribution is 0.580. The Hall–Kier alpha value is -0.960. The molecule has 0 saturated heterocycles. The van der Waals surface area contributed by atoms with Gasteiger partial charge in [0.15, 0.2) is 0 Å². The number of hydrogen-bond donors (Lipinski definition) is 2. The van der Waals surface area contributed by atoms with Crippen molar-refractivity contribution in [1.29, 1.82) is 0 Å². The molecule has 0 unspecified atom stereocenters. The van der Waals surface area contributed by atoms with Crippen LogP contribution in [0.1, 0.15) is 22.4 Å². The Morgan fingerprint density at radius 3 is 2.76 bits per heavy atom. The van der Waals surface area contributed by atoms with E-state index in [0.29, 0.717) is 15.7 Å². The van der Waals surface area contributed by atoms with E-state index in [0.717, 1.165) is 16.3 Å². The number of halogens is 1. The molecule has 0 atom stereocenters. The first-order valence-electron chi connectivity index (χ1n) is 6.32. The van der Waals surface area contributed by atoms with Crippen LogP contribution >= 0.6 is 27.3 Å². The lowest BCUT2D eigenvalue weighted by Gasteiger charge is -2.10. The fourth-order valence-electron chi connectivity index (χ4n) is 1.79. The van der Waals surface area contributed by atoms with E-state index in [4.69, 9.17) is 5.73 Å². The van der Waals surface area contributed by atoms with E-state index in [1.807, 2.05) is 6.92 Å². The van der Waals surface area contributed by atoms with E-state index in [-0.39, 0.29) is 11.4 Å². The van der Waals surface area contributed by atoms with Crippen molar-refractivity contribution >= 4 is 43.0 Å². The molecule has 0 aliphatic heterocycles. The molecular weight excluding hydrogens is 374 g/mol. The number of benzene rings is 1. The summed E-state index contributed by atoms with van der Waals surface area (Å²) in [4.78, 5) is 5.52. The van der Waals surface area contributed by atoms with Crippen molar-refractivity contribution < 1.29 is 8.42 Å². The van der Waals surface area contributed by atoms with E-state index in [1.165, 1.54) is 17.4 Å². The first-order chi connectivity index (χ1) is 9.83. The maximum absolute atomic E-state index is 12.4. The minimum absolute atomic E-state index is 0.183. The standard InChI is InChI=1S/C13H16BrN3O2S2/c1-3-9-6-16-13(20-9)7-17-21(18,19)12-5-11(15)10(14)4-8(12)2/h4-6,17H,3,7,15H2,1-2H3. The number of nitrogens with zero attached hydrogens (tertiary/aromatic N) is 1. The van der Waals surface area contributed by atoms with Gasteiger partial charge in [-0.2, -0.15) is 0 Å². The normalized spacial score (nSPS) is 11.8. The van der Waals surface area contributed by atoms with Crippen molar-refractivity contribution in [2.75, 3.05) is 5.73 Å². The number of nitrogens with two attached hydrogens (primary N) is 1. The number of hydrogen-bond acceptors (Lipinski definition) is 5. The van der Waals surface area contributed by atoms with Crippen LogP contribution in [-0.4, -0.2) is 13.4 Å². The zero-order chi connectivity index (χ0) is 15.6. The van der Waals surface area contributed by atoms with Gasteiger partial charge in [0, 0.05) is 21.2 Å². The molecule has 114 valence electrons. The molecule has 1 aromatic heterocycles. The number of sulfonamides is 1. The summed E-state index contributed by atoms with van der Waals surface area (Å²) in [6.07, 6.45) is 2.67. The van der Waals surface area contributed by atoms with E-state index in [1.54, 1.807) is 19.2 Å². The molecule has 8 heteroatoms. The number of rotatable bonds is 5. The zero-order valence-corrected chi connectivity index (χ0v) is 14.9. The molecule has 2 rings (SSSR count). The summed E-state index contributed by atoms with van der Waals surface area (Å²) >= 11 is 4.79. The largest absolute Gasteiger partial charge is 0.398 e. The third-order valence-corrected chi connectivity index (χ3v) is 6.32. The molecular formula is C13H16BrN3O2S2. The number of aromatic nitrogens is 1. The van der Waals surface area contributed by atoms with Crippen molar-refractivity contribution in [2.24, 2.45) is 0 Å². The minimum Gasteiger partial charge on any atom is -0.398 e. The van der Waals surface area contributed by atoms with E-state index < -0.39 is 10.0 Å². The summed E-state index contributed by atoms with van der Waals surface area (Å²) in [6, 6.07) is 3.16. The summed E-state index contributed by atoms with van der Waals surface area (Å²) in [5.41, 5.74) is 6.79. The average Bonchev–Trinajstić information content (AvgIpc) is 2.88. The Morgan fingerprint density at radius 2 is 2.14 bits per heavy atom. The predicted molar refractivity (Wildman–Crippen MR) is 88.8 cm³/mol. The van der Waals surface area contributed by atoms with Crippen LogP contribution in [0.3, 0.4) is 0 Å². The Bertz CT molecular complexity index is 757. The molecule has 0 radical (unpaired) electrons. The number of anilines is 1. The van der Waals surface area contributed by atoms with Crippen LogP contribution in [0.25, 0.3) is 0 Å². The number of nitrogen functional groups attached to an aromatic ring is 1. The van der Waals surface area contributed by atoms with Gasteiger partial charge in [-0.1, -0.05) is 6.92 Å². The smallest absolute Gasteiger partial charge is 0.241 e. The lowest BCUT2D eigenvalue weighted by Crippen LogP contribution is -2.24. The van der Waals surface area contributed by atoms with E-state index in [2.05, 4.69) is 25.6 Å². The molecule has 0 amide bonds. The van der Waals surface area contributed by atoms with Crippen LogP contribution in [-0.2, 0) is 23.0 Å². The summed E-state index contributed by atoms with van der Waals surface area (Å²) in [5, 5.41) is 0.748. The van der Waals surface area contributed by atoms with Gasteiger partial charge < -0.3 is 5.73 Å². The maximum Gasteiger partial charge on any atom is 0.241 e. The summed E-state index contributed by atoms with van der Waals surface area (Å²) < 4.78 is 28.0. The Labute approximate surface area is 136 Å². The lowest BCUT2D eigenvalue weighted by atomic mass is 10.2. The van der Waals surface area contributed by atoms with Crippen LogP contribution < -0.4 is 10.5 Å².